The predicted molar refractivity (Wildman–Crippen MR) is 99.6 cm³/mol. The molecule has 1 unspecified atom stereocenters. The first kappa shape index (κ1) is 16.4. The Hall–Kier alpha value is -2.49. The minimum atomic E-state index is 0.601. The van der Waals surface area contributed by atoms with E-state index in [0.29, 0.717) is 5.92 Å². The molecule has 4 nitrogen and oxygen atoms in total. The van der Waals surface area contributed by atoms with Crippen molar-refractivity contribution in [2.24, 2.45) is 0 Å². The molecule has 0 spiro atoms. The van der Waals surface area contributed by atoms with Gasteiger partial charge in [-0.15, -0.1) is 0 Å². The van der Waals surface area contributed by atoms with E-state index in [4.69, 9.17) is 10.4 Å². The predicted octanol–water partition coefficient (Wildman–Crippen LogP) is 4.94. The number of allylic oxidation sites excluding steroid dienone is 2. The zero-order valence-electron chi connectivity index (χ0n) is 14.3. The van der Waals surface area contributed by atoms with Crippen molar-refractivity contribution in [2.75, 3.05) is 5.32 Å². The third-order valence-electron chi connectivity index (χ3n) is 4.68. The van der Waals surface area contributed by atoms with Crippen LogP contribution in [-0.2, 0) is 6.42 Å². The van der Waals surface area contributed by atoms with E-state index >= 15 is 0 Å². The Morgan fingerprint density at radius 1 is 1.29 bits per heavy atom. The van der Waals surface area contributed by atoms with Gasteiger partial charge in [0.25, 0.3) is 0 Å². The van der Waals surface area contributed by atoms with Gasteiger partial charge in [0, 0.05) is 24.2 Å². The topological polar surface area (TPSA) is 61.7 Å². The summed E-state index contributed by atoms with van der Waals surface area (Å²) in [6.45, 7) is 4.20. The van der Waals surface area contributed by atoms with Crippen molar-refractivity contribution in [1.29, 1.82) is 5.41 Å². The summed E-state index contributed by atoms with van der Waals surface area (Å²) in [6, 6.07) is 6.21. The van der Waals surface area contributed by atoms with E-state index in [1.165, 1.54) is 36.6 Å². The summed E-state index contributed by atoms with van der Waals surface area (Å²) in [6.07, 6.45) is 11.9. The van der Waals surface area contributed by atoms with Gasteiger partial charge in [-0.2, -0.15) is 0 Å². The molecule has 0 amide bonds. The summed E-state index contributed by atoms with van der Waals surface area (Å²) >= 11 is 0. The lowest BCUT2D eigenvalue weighted by Crippen LogP contribution is -2.02. The van der Waals surface area contributed by atoms with E-state index in [1.807, 2.05) is 25.1 Å². The van der Waals surface area contributed by atoms with Crippen molar-refractivity contribution < 1.29 is 0 Å². The molecule has 0 saturated heterocycles. The highest BCUT2D eigenvalue weighted by Gasteiger charge is 2.16. The molecule has 0 bridgehead atoms. The molecule has 2 aromatic rings. The van der Waals surface area contributed by atoms with Crippen molar-refractivity contribution in [3.63, 3.8) is 0 Å². The van der Waals surface area contributed by atoms with Gasteiger partial charge >= 0.3 is 0 Å². The van der Waals surface area contributed by atoms with Crippen LogP contribution in [0.3, 0.4) is 0 Å². The zero-order chi connectivity index (χ0) is 16.9. The summed E-state index contributed by atoms with van der Waals surface area (Å²) in [4.78, 5) is 9.03. The summed E-state index contributed by atoms with van der Waals surface area (Å²) < 4.78 is 0. The number of hydrogen-bond acceptors (Lipinski definition) is 4. The van der Waals surface area contributed by atoms with Gasteiger partial charge in [-0.05, 0) is 61.4 Å². The monoisotopic (exact) mass is 320 g/mol. The van der Waals surface area contributed by atoms with Crippen LogP contribution in [0.2, 0.25) is 0 Å². The average Bonchev–Trinajstić information content (AvgIpc) is 2.81. The number of rotatable bonds is 4. The SMILES string of the molecule is C/C=C(\C=N)Nc1cc(-c2cc3c(cn2)C(C)CCCC3)ccn1. The molecule has 124 valence electrons. The molecule has 0 radical (unpaired) electrons. The number of anilines is 1. The van der Waals surface area contributed by atoms with Crippen molar-refractivity contribution in [3.8, 4) is 11.3 Å². The van der Waals surface area contributed by atoms with Gasteiger partial charge in [0.15, 0.2) is 0 Å². The van der Waals surface area contributed by atoms with E-state index in [9.17, 15) is 0 Å². The van der Waals surface area contributed by atoms with Gasteiger partial charge in [0.2, 0.25) is 0 Å². The Labute approximate surface area is 143 Å². The molecule has 2 aromatic heterocycles. The second-order valence-electron chi connectivity index (χ2n) is 6.36. The number of aromatic nitrogens is 2. The highest BCUT2D eigenvalue weighted by atomic mass is 15.0. The van der Waals surface area contributed by atoms with Gasteiger partial charge in [-0.25, -0.2) is 4.98 Å². The summed E-state index contributed by atoms with van der Waals surface area (Å²) in [5.74, 6) is 1.33. The molecular weight excluding hydrogens is 296 g/mol. The van der Waals surface area contributed by atoms with Crippen molar-refractivity contribution in [3.05, 3.63) is 53.5 Å². The maximum absolute atomic E-state index is 7.38. The summed E-state index contributed by atoms with van der Waals surface area (Å²) in [7, 11) is 0. The fourth-order valence-corrected chi connectivity index (χ4v) is 3.24. The minimum Gasteiger partial charge on any atom is -0.339 e. The van der Waals surface area contributed by atoms with E-state index in [-0.39, 0.29) is 0 Å². The Kier molecular flexibility index (Phi) is 5.04. The van der Waals surface area contributed by atoms with Gasteiger partial charge in [-0.1, -0.05) is 19.4 Å². The van der Waals surface area contributed by atoms with Crippen molar-refractivity contribution >= 4 is 12.0 Å². The molecule has 2 N–H and O–H groups in total. The molecule has 0 saturated carbocycles. The largest absolute Gasteiger partial charge is 0.339 e. The molecule has 24 heavy (non-hydrogen) atoms. The van der Waals surface area contributed by atoms with Crippen molar-refractivity contribution in [2.45, 2.75) is 45.4 Å². The normalized spacial score (nSPS) is 17.8. The van der Waals surface area contributed by atoms with Crippen LogP contribution in [0.1, 0.15) is 50.2 Å². The number of nitrogens with zero attached hydrogens (tertiary/aromatic N) is 2. The van der Waals surface area contributed by atoms with Crippen LogP contribution in [-0.4, -0.2) is 16.2 Å². The molecule has 4 heteroatoms. The first-order valence-corrected chi connectivity index (χ1v) is 8.60. The third kappa shape index (κ3) is 3.53. The minimum absolute atomic E-state index is 0.601. The van der Waals surface area contributed by atoms with Gasteiger partial charge in [0.05, 0.1) is 11.4 Å². The van der Waals surface area contributed by atoms with Gasteiger partial charge < -0.3 is 10.7 Å². The van der Waals surface area contributed by atoms with E-state index in [2.05, 4.69) is 29.5 Å². The van der Waals surface area contributed by atoms with Crippen LogP contribution in [0.5, 0.6) is 0 Å². The average molecular weight is 320 g/mol. The standard InChI is InChI=1S/C20H24N4/c1-3-17(12-21)24-20-11-16(8-9-22-20)19-10-15-7-5-4-6-14(2)18(15)13-23-19/h3,8-14,21H,4-7H2,1-2H3,(H,22,24)/b17-3+,21-12?. The Balaban J connectivity index is 1.92. The van der Waals surface area contributed by atoms with E-state index in [0.717, 1.165) is 29.2 Å². The number of hydrogen-bond donors (Lipinski definition) is 2. The first-order chi connectivity index (χ1) is 11.7. The highest BCUT2D eigenvalue weighted by Crippen LogP contribution is 2.32. The van der Waals surface area contributed by atoms with Crippen LogP contribution in [0.25, 0.3) is 11.3 Å². The van der Waals surface area contributed by atoms with Crippen LogP contribution in [0.15, 0.2) is 42.4 Å². The summed E-state index contributed by atoms with van der Waals surface area (Å²) in [5.41, 5.74) is 5.61. The maximum atomic E-state index is 7.38. The zero-order valence-corrected chi connectivity index (χ0v) is 14.3. The number of fused-ring (bicyclic) bond motifs is 1. The fraction of sp³-hybridized carbons (Fsp3) is 0.350. The summed E-state index contributed by atoms with van der Waals surface area (Å²) in [5, 5.41) is 10.5. The molecule has 1 aliphatic carbocycles. The van der Waals surface area contributed by atoms with Crippen molar-refractivity contribution in [1.82, 2.24) is 9.97 Å². The smallest absolute Gasteiger partial charge is 0.130 e. The lowest BCUT2D eigenvalue weighted by atomic mass is 9.95. The Bertz CT molecular complexity index is 764. The molecule has 2 heterocycles. The Morgan fingerprint density at radius 2 is 2.17 bits per heavy atom. The highest BCUT2D eigenvalue weighted by molar-refractivity contribution is 5.80. The molecule has 3 rings (SSSR count). The second-order valence-corrected chi connectivity index (χ2v) is 6.36. The van der Waals surface area contributed by atoms with E-state index in [1.54, 1.807) is 6.20 Å². The fourth-order valence-electron chi connectivity index (χ4n) is 3.24. The van der Waals surface area contributed by atoms with Gasteiger partial charge in [0.1, 0.15) is 5.82 Å². The molecule has 0 fully saturated rings. The van der Waals surface area contributed by atoms with Crippen LogP contribution in [0.4, 0.5) is 5.82 Å². The Morgan fingerprint density at radius 3 is 2.96 bits per heavy atom. The number of aryl methyl sites for hydroxylation is 1. The maximum Gasteiger partial charge on any atom is 0.130 e. The molecule has 1 aliphatic rings. The van der Waals surface area contributed by atoms with Gasteiger partial charge in [-0.3, -0.25) is 4.98 Å². The number of nitrogens with one attached hydrogen (secondary N) is 2. The molecule has 0 aromatic carbocycles. The van der Waals surface area contributed by atoms with E-state index < -0.39 is 0 Å². The second kappa shape index (κ2) is 7.39. The third-order valence-corrected chi connectivity index (χ3v) is 4.68. The lowest BCUT2D eigenvalue weighted by Gasteiger charge is -2.13. The van der Waals surface area contributed by atoms with Crippen LogP contribution >= 0.6 is 0 Å². The quantitative estimate of drug-likeness (QED) is 0.619. The van der Waals surface area contributed by atoms with Crippen LogP contribution in [0, 0.1) is 5.41 Å². The molecule has 1 atom stereocenters. The van der Waals surface area contributed by atoms with Crippen LogP contribution < -0.4 is 5.32 Å². The lowest BCUT2D eigenvalue weighted by molar-refractivity contribution is 0.634. The number of pyridine rings is 2. The first-order valence-electron chi connectivity index (χ1n) is 8.60. The molecule has 0 aliphatic heterocycles. The molecular formula is C20H24N4.